The Morgan fingerprint density at radius 3 is 2.40 bits per heavy atom. The van der Waals surface area contributed by atoms with Gasteiger partial charge in [-0.3, -0.25) is 9.59 Å². The zero-order valence-electron chi connectivity index (χ0n) is 19.1. The van der Waals surface area contributed by atoms with E-state index in [1.165, 1.54) is 43.4 Å². The minimum absolute atomic E-state index is 0.169. The molecule has 8 nitrogen and oxygen atoms in total. The molecule has 0 spiro atoms. The monoisotopic (exact) mass is 482 g/mol. The zero-order chi connectivity index (χ0) is 25.3. The molecule has 35 heavy (non-hydrogen) atoms. The summed E-state index contributed by atoms with van der Waals surface area (Å²) in [5.41, 5.74) is -0.617. The van der Waals surface area contributed by atoms with Gasteiger partial charge in [-0.1, -0.05) is 24.3 Å². The Balaban J connectivity index is 1.66. The minimum atomic E-state index is -4.64. The normalized spacial score (nSPS) is 12.4. The lowest BCUT2D eigenvalue weighted by atomic mass is 10.1. The maximum Gasteiger partial charge on any atom is 0.418 e. The second-order valence-corrected chi connectivity index (χ2v) is 7.95. The molecule has 1 unspecified atom stereocenters. The largest absolute Gasteiger partial charge is 0.418 e. The number of amides is 1. The van der Waals surface area contributed by atoms with E-state index in [0.717, 1.165) is 28.1 Å². The molecule has 2 aromatic carbocycles. The van der Waals surface area contributed by atoms with Crippen LogP contribution in [0.5, 0.6) is 0 Å². The second-order valence-electron chi connectivity index (χ2n) is 7.95. The van der Waals surface area contributed by atoms with Crippen molar-refractivity contribution in [3.8, 4) is 11.4 Å². The van der Waals surface area contributed by atoms with Crippen molar-refractivity contribution >= 4 is 5.91 Å². The van der Waals surface area contributed by atoms with E-state index in [2.05, 4.69) is 15.2 Å². The molecule has 4 aromatic rings. The van der Waals surface area contributed by atoms with Crippen LogP contribution in [0.4, 0.5) is 13.2 Å². The lowest BCUT2D eigenvalue weighted by Gasteiger charge is -2.25. The van der Waals surface area contributed by atoms with Crippen LogP contribution in [0.2, 0.25) is 0 Å². The van der Waals surface area contributed by atoms with Gasteiger partial charge in [0.15, 0.2) is 5.69 Å². The number of carbonyl (C=O) groups excluding carboxylic acids is 1. The fraction of sp³-hybridized carbons (Fsp3) is 0.208. The van der Waals surface area contributed by atoms with Crippen molar-refractivity contribution in [2.24, 2.45) is 0 Å². The average Bonchev–Trinajstić information content (AvgIpc) is 3.37. The third-order valence-electron chi connectivity index (χ3n) is 5.71. The molecule has 2 aromatic heterocycles. The van der Waals surface area contributed by atoms with Gasteiger partial charge >= 0.3 is 6.18 Å². The molecule has 0 aliphatic rings. The Morgan fingerprint density at radius 2 is 1.77 bits per heavy atom. The molecule has 0 N–H and O–H groups in total. The molecular formula is C24H21F3N6O2. The highest BCUT2D eigenvalue weighted by Gasteiger charge is 2.34. The molecule has 11 heteroatoms. The van der Waals surface area contributed by atoms with E-state index < -0.39 is 34.8 Å². The Labute approximate surface area is 198 Å². The van der Waals surface area contributed by atoms with Gasteiger partial charge in [-0.05, 0) is 43.7 Å². The third-order valence-corrected chi connectivity index (χ3v) is 5.71. The highest BCUT2D eigenvalue weighted by atomic mass is 19.4. The molecule has 2 heterocycles. The van der Waals surface area contributed by atoms with Gasteiger partial charge in [0.25, 0.3) is 5.91 Å². The van der Waals surface area contributed by atoms with Crippen LogP contribution in [0.15, 0.2) is 72.0 Å². The van der Waals surface area contributed by atoms with Crippen LogP contribution in [0, 0.1) is 6.92 Å². The second kappa shape index (κ2) is 9.16. The number of nitrogens with zero attached hydrogens (tertiary/aromatic N) is 6. The highest BCUT2D eigenvalue weighted by Crippen LogP contribution is 2.33. The maximum atomic E-state index is 13.6. The molecule has 1 amide bonds. The maximum absolute atomic E-state index is 13.6. The number of aryl methyl sites for hydroxylation is 1. The summed E-state index contributed by atoms with van der Waals surface area (Å²) in [6.45, 7) is 3.23. The van der Waals surface area contributed by atoms with Gasteiger partial charge in [-0.2, -0.15) is 23.4 Å². The summed E-state index contributed by atoms with van der Waals surface area (Å²) >= 11 is 0. The predicted octanol–water partition coefficient (Wildman–Crippen LogP) is 3.97. The summed E-state index contributed by atoms with van der Waals surface area (Å²) in [5.74, 6) is -0.707. The first-order valence-electron chi connectivity index (χ1n) is 10.6. The number of benzene rings is 2. The van der Waals surface area contributed by atoms with Crippen LogP contribution in [0.25, 0.3) is 11.4 Å². The van der Waals surface area contributed by atoms with Crippen molar-refractivity contribution in [3.63, 3.8) is 0 Å². The van der Waals surface area contributed by atoms with Gasteiger partial charge < -0.3 is 4.90 Å². The molecule has 0 fully saturated rings. The number of alkyl halides is 3. The van der Waals surface area contributed by atoms with E-state index in [0.29, 0.717) is 0 Å². The van der Waals surface area contributed by atoms with E-state index in [-0.39, 0.29) is 11.4 Å². The van der Waals surface area contributed by atoms with E-state index in [1.54, 1.807) is 17.9 Å². The van der Waals surface area contributed by atoms with Crippen molar-refractivity contribution in [3.05, 3.63) is 100.0 Å². The SMILES string of the molecule is Cc1cc(=O)c(C(=O)N(C)C(C)c2ccc(-n3cncn3)cc2)nn1-c1ccccc1C(F)(F)F. The summed E-state index contributed by atoms with van der Waals surface area (Å²) in [4.78, 5) is 31.1. The first-order chi connectivity index (χ1) is 16.6. The fourth-order valence-corrected chi connectivity index (χ4v) is 3.65. The summed E-state index contributed by atoms with van der Waals surface area (Å²) in [6.07, 6.45) is -1.67. The van der Waals surface area contributed by atoms with Gasteiger partial charge in [-0.25, -0.2) is 14.3 Å². The van der Waals surface area contributed by atoms with E-state index >= 15 is 0 Å². The first kappa shape index (κ1) is 23.9. The van der Waals surface area contributed by atoms with Gasteiger partial charge in [0, 0.05) is 18.8 Å². The molecule has 1 atom stereocenters. The molecule has 0 aliphatic heterocycles. The van der Waals surface area contributed by atoms with Crippen LogP contribution in [0.1, 0.15) is 40.3 Å². The summed E-state index contributed by atoms with van der Waals surface area (Å²) in [5, 5.41) is 8.12. The number of carbonyl (C=O) groups is 1. The smallest absolute Gasteiger partial charge is 0.333 e. The van der Waals surface area contributed by atoms with Crippen LogP contribution in [0.3, 0.4) is 0 Å². The quantitative estimate of drug-likeness (QED) is 0.430. The Kier molecular flexibility index (Phi) is 6.25. The lowest BCUT2D eigenvalue weighted by molar-refractivity contribution is -0.137. The molecule has 0 saturated heterocycles. The van der Waals surface area contributed by atoms with Crippen LogP contribution in [-0.4, -0.2) is 42.4 Å². The van der Waals surface area contributed by atoms with Crippen molar-refractivity contribution in [2.45, 2.75) is 26.1 Å². The summed E-state index contributed by atoms with van der Waals surface area (Å²) in [7, 11) is 1.51. The molecule has 0 aliphatic carbocycles. The number of hydrogen-bond acceptors (Lipinski definition) is 5. The van der Waals surface area contributed by atoms with Crippen LogP contribution in [-0.2, 0) is 6.18 Å². The number of para-hydroxylation sites is 1. The minimum Gasteiger partial charge on any atom is -0.333 e. The summed E-state index contributed by atoms with van der Waals surface area (Å²) < 4.78 is 43.2. The summed E-state index contributed by atoms with van der Waals surface area (Å²) in [6, 6.07) is 12.8. The number of halogens is 3. The van der Waals surface area contributed by atoms with E-state index in [4.69, 9.17) is 0 Å². The zero-order valence-corrected chi connectivity index (χ0v) is 19.1. The van der Waals surface area contributed by atoms with Crippen molar-refractivity contribution in [1.29, 1.82) is 0 Å². The Hall–Kier alpha value is -4.28. The van der Waals surface area contributed by atoms with Gasteiger partial charge in [0.05, 0.1) is 23.0 Å². The predicted molar refractivity (Wildman–Crippen MR) is 121 cm³/mol. The van der Waals surface area contributed by atoms with Gasteiger partial charge in [-0.15, -0.1) is 0 Å². The highest BCUT2D eigenvalue weighted by molar-refractivity contribution is 5.92. The van der Waals surface area contributed by atoms with Crippen LogP contribution < -0.4 is 5.43 Å². The molecular weight excluding hydrogens is 461 g/mol. The van der Waals surface area contributed by atoms with Crippen molar-refractivity contribution < 1.29 is 18.0 Å². The number of rotatable bonds is 5. The molecule has 180 valence electrons. The first-order valence-corrected chi connectivity index (χ1v) is 10.6. The Morgan fingerprint density at radius 1 is 1.09 bits per heavy atom. The van der Waals surface area contributed by atoms with Crippen molar-refractivity contribution in [1.82, 2.24) is 29.4 Å². The van der Waals surface area contributed by atoms with E-state index in [1.807, 2.05) is 24.3 Å². The van der Waals surface area contributed by atoms with E-state index in [9.17, 15) is 22.8 Å². The fourth-order valence-electron chi connectivity index (χ4n) is 3.65. The number of hydrogen-bond donors (Lipinski definition) is 0. The van der Waals surface area contributed by atoms with Gasteiger partial charge in [0.2, 0.25) is 5.43 Å². The Bertz CT molecular complexity index is 1410. The van der Waals surface area contributed by atoms with Crippen LogP contribution >= 0.6 is 0 Å². The lowest BCUT2D eigenvalue weighted by Crippen LogP contribution is -2.35. The third kappa shape index (κ3) is 4.70. The number of aromatic nitrogens is 5. The average molecular weight is 482 g/mol. The standard InChI is InChI=1S/C24H21F3N6O2/c1-15-12-21(34)22(30-33(15)20-7-5-4-6-19(20)24(25,26)27)23(35)31(3)16(2)17-8-10-18(11-9-17)32-14-28-13-29-32/h4-14,16H,1-3H3. The molecule has 0 saturated carbocycles. The topological polar surface area (TPSA) is 85.9 Å². The van der Waals surface area contributed by atoms with Gasteiger partial charge in [0.1, 0.15) is 12.7 Å². The van der Waals surface area contributed by atoms with Crippen molar-refractivity contribution in [2.75, 3.05) is 7.05 Å². The molecule has 0 radical (unpaired) electrons. The molecule has 4 rings (SSSR count). The molecule has 0 bridgehead atoms.